The van der Waals surface area contributed by atoms with Crippen LogP contribution in [0.25, 0.3) is 0 Å². The van der Waals surface area contributed by atoms with Crippen LogP contribution in [0.3, 0.4) is 0 Å². The van der Waals surface area contributed by atoms with Gasteiger partial charge >= 0.3 is 32.2 Å². The Kier molecular flexibility index (Phi) is 30.6. The van der Waals surface area contributed by atoms with Crippen LogP contribution in [0.1, 0.15) is 20.8 Å². The average molecular weight is 551 g/mol. The van der Waals surface area contributed by atoms with Crippen molar-refractivity contribution >= 4 is 50.1 Å². The summed E-state index contributed by atoms with van der Waals surface area (Å²) in [5.41, 5.74) is 4.57. The zero-order valence-electron chi connectivity index (χ0n) is 13.1. The van der Waals surface area contributed by atoms with Crippen molar-refractivity contribution in [3.63, 3.8) is 0 Å². The standard InChI is InChI=1S/3C3H6O3.C2H5NO2.Bi/c3*1-2(4)3(5)6;3-1-2(4)5;/h3*2,4H,1H3,(H,5,6);1,3H2,(H,4,5);/q;;;;+3/p-3. The van der Waals surface area contributed by atoms with Gasteiger partial charge in [-0.05, 0) is 20.8 Å². The molecule has 0 spiro atoms. The number of nitrogens with two attached hydrogens (primary N) is 1. The third-order valence-corrected chi connectivity index (χ3v) is 1.20. The van der Waals surface area contributed by atoms with Crippen molar-refractivity contribution in [1.29, 1.82) is 0 Å². The van der Waals surface area contributed by atoms with Gasteiger partial charge < -0.3 is 55.9 Å². The fraction of sp³-hybridized carbons (Fsp3) is 0.636. The van der Waals surface area contributed by atoms with Gasteiger partial charge in [-0.2, -0.15) is 0 Å². The third kappa shape index (κ3) is 49.8. The molecular formula is C11H20BiNO11. The summed E-state index contributed by atoms with van der Waals surface area (Å²) in [5.74, 6) is -5.27. The number of aliphatic carboxylic acids is 4. The Labute approximate surface area is 156 Å². The van der Waals surface area contributed by atoms with Crippen LogP contribution >= 0.6 is 0 Å². The first-order valence-electron chi connectivity index (χ1n) is 5.79. The van der Waals surface area contributed by atoms with Crippen LogP contribution in [0.15, 0.2) is 0 Å². The zero-order valence-corrected chi connectivity index (χ0v) is 16.6. The van der Waals surface area contributed by atoms with E-state index < -0.39 is 42.2 Å². The summed E-state index contributed by atoms with van der Waals surface area (Å²) < 4.78 is 0. The number of hydrogen-bond donors (Lipinski definition) is 5. The third-order valence-electron chi connectivity index (χ3n) is 1.20. The molecule has 0 bridgehead atoms. The predicted octanol–water partition coefficient (Wildman–Crippen LogP) is -7.00. The fourth-order valence-corrected chi connectivity index (χ4v) is 0. The molecule has 140 valence electrons. The average Bonchev–Trinajstić information content (AvgIpc) is 2.40. The zero-order chi connectivity index (χ0) is 19.7. The van der Waals surface area contributed by atoms with Crippen LogP contribution in [0.2, 0.25) is 0 Å². The van der Waals surface area contributed by atoms with Crippen molar-refractivity contribution < 1.29 is 54.9 Å². The minimum atomic E-state index is -1.44. The predicted molar refractivity (Wildman–Crippen MR) is 72.5 cm³/mol. The molecule has 6 N–H and O–H groups in total. The van der Waals surface area contributed by atoms with Crippen LogP contribution in [0.4, 0.5) is 0 Å². The number of carbonyl (C=O) groups is 4. The summed E-state index contributed by atoms with van der Waals surface area (Å²) in [6.45, 7) is 3.12. The molecule has 12 nitrogen and oxygen atoms in total. The van der Waals surface area contributed by atoms with E-state index in [0.29, 0.717) is 0 Å². The molecule has 0 saturated heterocycles. The van der Waals surface area contributed by atoms with E-state index in [4.69, 9.17) is 20.4 Å². The fourth-order valence-electron chi connectivity index (χ4n) is 0. The molecule has 0 aliphatic heterocycles. The summed E-state index contributed by atoms with van der Waals surface area (Å²) in [4.78, 5) is 37.3. The van der Waals surface area contributed by atoms with E-state index in [2.05, 4.69) is 5.73 Å². The van der Waals surface area contributed by atoms with Gasteiger partial charge in [0.1, 0.15) is 0 Å². The Bertz CT molecular complexity index is 315. The van der Waals surface area contributed by atoms with Gasteiger partial charge in [-0.3, -0.25) is 4.79 Å². The molecule has 0 amide bonds. The summed E-state index contributed by atoms with van der Waals surface area (Å²) in [7, 11) is 0. The van der Waals surface area contributed by atoms with E-state index in [1.165, 1.54) is 0 Å². The van der Waals surface area contributed by atoms with Gasteiger partial charge in [-0.1, -0.05) is 0 Å². The second-order valence-corrected chi connectivity index (χ2v) is 3.58. The Morgan fingerprint density at radius 3 is 0.875 bits per heavy atom. The quantitative estimate of drug-likeness (QED) is 0.205. The van der Waals surface area contributed by atoms with Crippen LogP contribution in [-0.2, 0) is 19.2 Å². The van der Waals surface area contributed by atoms with Crippen LogP contribution in [-0.4, -0.2) is 95.4 Å². The van der Waals surface area contributed by atoms with Crippen molar-refractivity contribution in [2.45, 2.75) is 39.1 Å². The first-order valence-corrected chi connectivity index (χ1v) is 5.79. The number of carboxylic acid groups (broad SMARTS) is 4. The second-order valence-electron chi connectivity index (χ2n) is 3.58. The van der Waals surface area contributed by atoms with Crippen LogP contribution in [0, 0.1) is 0 Å². The monoisotopic (exact) mass is 551 g/mol. The maximum atomic E-state index is 9.34. The van der Waals surface area contributed by atoms with E-state index >= 15 is 0 Å². The van der Waals surface area contributed by atoms with Gasteiger partial charge in [-0.25, -0.2) is 0 Å². The van der Waals surface area contributed by atoms with Gasteiger partial charge in [0, 0.05) is 0 Å². The van der Waals surface area contributed by atoms with Crippen molar-refractivity contribution in [1.82, 2.24) is 0 Å². The Morgan fingerprint density at radius 2 is 0.875 bits per heavy atom. The molecule has 0 heterocycles. The first kappa shape index (κ1) is 34.0. The number of aliphatic hydroxyl groups is 3. The van der Waals surface area contributed by atoms with Gasteiger partial charge in [0.2, 0.25) is 0 Å². The molecule has 0 aromatic heterocycles. The Hall–Kier alpha value is -1.40. The molecule has 3 atom stereocenters. The molecule has 0 fully saturated rings. The summed E-state index contributed by atoms with van der Waals surface area (Å²) in [6, 6.07) is 0. The molecule has 0 aliphatic rings. The molecule has 0 aliphatic carbocycles. The largest absolute Gasteiger partial charge is 3.00 e. The Balaban J connectivity index is -0.0000000661. The van der Waals surface area contributed by atoms with Crippen LogP contribution in [0.5, 0.6) is 0 Å². The smallest absolute Gasteiger partial charge is 0.547 e. The molecule has 2 radical (unpaired) electrons. The molecule has 0 saturated carbocycles. The molecule has 24 heavy (non-hydrogen) atoms. The molecule has 0 aromatic rings. The van der Waals surface area contributed by atoms with Crippen LogP contribution < -0.4 is 21.1 Å². The number of carbonyl (C=O) groups excluding carboxylic acids is 3. The van der Waals surface area contributed by atoms with E-state index in [9.17, 15) is 34.5 Å². The maximum Gasteiger partial charge on any atom is 3.00 e. The number of carboxylic acids is 4. The second kappa shape index (κ2) is 21.6. The molecule has 3 unspecified atom stereocenters. The van der Waals surface area contributed by atoms with Gasteiger partial charge in [0.05, 0.1) is 42.8 Å². The molecule has 0 aromatic carbocycles. The summed E-state index contributed by atoms with van der Waals surface area (Å²) in [5, 5.41) is 59.5. The number of hydrogen-bond acceptors (Lipinski definition) is 11. The number of rotatable bonds is 4. The normalized spacial score (nSPS) is 11.8. The van der Waals surface area contributed by atoms with Gasteiger partial charge in [0.15, 0.2) is 0 Å². The number of aliphatic hydroxyl groups excluding tert-OH is 3. The SMILES string of the molecule is CC(O)C(=O)[O-].CC(O)C(=O)[O-].CC(O)C(=O)[O-].NCC(=O)O.[Bi+3]. The summed E-state index contributed by atoms with van der Waals surface area (Å²) >= 11 is 0. The molecular weight excluding hydrogens is 531 g/mol. The van der Waals surface area contributed by atoms with Crippen molar-refractivity contribution in [2.75, 3.05) is 6.54 Å². The minimum Gasteiger partial charge on any atom is -0.547 e. The topological polar surface area (TPSA) is 244 Å². The summed E-state index contributed by atoms with van der Waals surface area (Å²) in [6.07, 6.45) is -4.03. The van der Waals surface area contributed by atoms with Gasteiger partial charge in [-0.15, -0.1) is 0 Å². The van der Waals surface area contributed by atoms with E-state index in [1.807, 2.05) is 0 Å². The van der Waals surface area contributed by atoms with E-state index in [-0.39, 0.29) is 32.7 Å². The van der Waals surface area contributed by atoms with Crippen molar-refractivity contribution in [3.05, 3.63) is 0 Å². The van der Waals surface area contributed by atoms with Crippen molar-refractivity contribution in [3.8, 4) is 0 Å². The maximum absolute atomic E-state index is 9.34. The van der Waals surface area contributed by atoms with Crippen molar-refractivity contribution in [2.24, 2.45) is 5.73 Å². The minimum absolute atomic E-state index is 0. The van der Waals surface area contributed by atoms with E-state index in [1.54, 1.807) is 0 Å². The first-order chi connectivity index (χ1) is 10.2. The van der Waals surface area contributed by atoms with E-state index in [0.717, 1.165) is 20.8 Å². The molecule has 0 rings (SSSR count). The van der Waals surface area contributed by atoms with Gasteiger partial charge in [0.25, 0.3) is 0 Å². The Morgan fingerprint density at radius 1 is 0.792 bits per heavy atom. The molecule has 13 heteroatoms.